The molecule has 4 rings (SSSR count). The fourth-order valence-electron chi connectivity index (χ4n) is 3.48. The van der Waals surface area contributed by atoms with Crippen LogP contribution in [0, 0.1) is 5.92 Å². The Hall–Kier alpha value is -2.08. The number of fused-ring (bicyclic) bond motifs is 2. The largest absolute Gasteiger partial charge is 0.0836 e. The van der Waals surface area contributed by atoms with E-state index < -0.39 is 0 Å². The third-order valence-electron chi connectivity index (χ3n) is 4.43. The summed E-state index contributed by atoms with van der Waals surface area (Å²) in [7, 11) is 0. The average molecular weight is 258 g/mol. The SMILES string of the molecule is C1=CCC2C(=C1)C=c1ccccc1=C2C1=CCCC=C1. The van der Waals surface area contributed by atoms with Gasteiger partial charge in [0.2, 0.25) is 0 Å². The van der Waals surface area contributed by atoms with Crippen molar-refractivity contribution < 1.29 is 0 Å². The maximum absolute atomic E-state index is 2.41. The summed E-state index contributed by atoms with van der Waals surface area (Å²) in [4.78, 5) is 0. The minimum absolute atomic E-state index is 0.531. The van der Waals surface area contributed by atoms with E-state index in [2.05, 4.69) is 66.8 Å². The quantitative estimate of drug-likeness (QED) is 0.724. The Bertz CT molecular complexity index is 782. The Balaban J connectivity index is 2.03. The minimum atomic E-state index is 0.531. The van der Waals surface area contributed by atoms with Crippen LogP contribution >= 0.6 is 0 Å². The molecule has 1 unspecified atom stereocenters. The predicted octanol–water partition coefficient (Wildman–Crippen LogP) is 3.41. The molecule has 0 saturated carbocycles. The molecular formula is C20H18. The van der Waals surface area contributed by atoms with Crippen molar-refractivity contribution in [1.82, 2.24) is 0 Å². The molecule has 20 heavy (non-hydrogen) atoms. The van der Waals surface area contributed by atoms with Crippen LogP contribution in [0.1, 0.15) is 19.3 Å². The van der Waals surface area contributed by atoms with Crippen LogP contribution < -0.4 is 10.4 Å². The van der Waals surface area contributed by atoms with E-state index in [1.165, 1.54) is 40.0 Å². The summed E-state index contributed by atoms with van der Waals surface area (Å²) in [5.74, 6) is 0.531. The predicted molar refractivity (Wildman–Crippen MR) is 85.4 cm³/mol. The molecule has 3 aliphatic rings. The maximum atomic E-state index is 2.41. The molecule has 98 valence electrons. The second-order valence-electron chi connectivity index (χ2n) is 5.67. The molecule has 0 fully saturated rings. The van der Waals surface area contributed by atoms with Crippen LogP contribution in [-0.2, 0) is 0 Å². The molecule has 0 saturated heterocycles. The summed E-state index contributed by atoms with van der Waals surface area (Å²) >= 11 is 0. The molecule has 0 aromatic heterocycles. The van der Waals surface area contributed by atoms with Crippen molar-refractivity contribution in [3.63, 3.8) is 0 Å². The van der Waals surface area contributed by atoms with Crippen LogP contribution in [0.5, 0.6) is 0 Å². The first kappa shape index (κ1) is 11.7. The molecule has 0 radical (unpaired) electrons. The first-order valence-electron chi connectivity index (χ1n) is 7.48. The topological polar surface area (TPSA) is 0 Å². The van der Waals surface area contributed by atoms with Gasteiger partial charge < -0.3 is 0 Å². The zero-order valence-corrected chi connectivity index (χ0v) is 11.5. The van der Waals surface area contributed by atoms with E-state index in [0.717, 1.165) is 6.42 Å². The summed E-state index contributed by atoms with van der Waals surface area (Å²) < 4.78 is 0. The van der Waals surface area contributed by atoms with Crippen molar-refractivity contribution in [2.24, 2.45) is 5.92 Å². The van der Waals surface area contributed by atoms with E-state index in [0.29, 0.717) is 5.92 Å². The van der Waals surface area contributed by atoms with Crippen LogP contribution in [0.15, 0.2) is 71.9 Å². The Labute approximate surface area is 119 Å². The van der Waals surface area contributed by atoms with E-state index >= 15 is 0 Å². The van der Waals surface area contributed by atoms with Gasteiger partial charge in [-0.25, -0.2) is 0 Å². The van der Waals surface area contributed by atoms with Crippen LogP contribution in [0.25, 0.3) is 11.6 Å². The monoisotopic (exact) mass is 258 g/mol. The highest BCUT2D eigenvalue weighted by molar-refractivity contribution is 5.79. The molecule has 1 aromatic rings. The Morgan fingerprint density at radius 1 is 1.00 bits per heavy atom. The summed E-state index contributed by atoms with van der Waals surface area (Å²) in [6.07, 6.45) is 19.6. The fraction of sp³-hybridized carbons (Fsp3) is 0.200. The summed E-state index contributed by atoms with van der Waals surface area (Å²) in [6, 6.07) is 8.81. The second-order valence-corrected chi connectivity index (χ2v) is 5.67. The number of benzene rings is 1. The molecule has 0 amide bonds. The normalized spacial score (nSPS) is 23.4. The Morgan fingerprint density at radius 3 is 2.85 bits per heavy atom. The Morgan fingerprint density at radius 2 is 1.95 bits per heavy atom. The van der Waals surface area contributed by atoms with Crippen molar-refractivity contribution in [3.8, 4) is 0 Å². The lowest BCUT2D eigenvalue weighted by molar-refractivity contribution is 0.801. The maximum Gasteiger partial charge on any atom is 0.0136 e. The molecule has 0 heterocycles. The lowest BCUT2D eigenvalue weighted by Gasteiger charge is -2.27. The molecular weight excluding hydrogens is 240 g/mol. The standard InChI is InChI=1S/C20H18/c1-2-8-15(9-3-1)20-18-12-6-4-10-16(18)14-17-11-5-7-13-19(17)20/h2,4-12,14,19H,1,3,13H2. The number of rotatable bonds is 1. The van der Waals surface area contributed by atoms with Crippen molar-refractivity contribution in [2.45, 2.75) is 19.3 Å². The van der Waals surface area contributed by atoms with Gasteiger partial charge in [0.15, 0.2) is 0 Å². The second kappa shape index (κ2) is 4.79. The molecule has 0 spiro atoms. The van der Waals surface area contributed by atoms with Gasteiger partial charge in [-0.3, -0.25) is 0 Å². The van der Waals surface area contributed by atoms with Crippen molar-refractivity contribution in [3.05, 3.63) is 82.3 Å². The van der Waals surface area contributed by atoms with E-state index in [9.17, 15) is 0 Å². The van der Waals surface area contributed by atoms with E-state index in [1.54, 1.807) is 0 Å². The fourth-order valence-corrected chi connectivity index (χ4v) is 3.48. The molecule has 0 nitrogen and oxygen atoms in total. The molecule has 1 atom stereocenters. The molecule has 0 aliphatic heterocycles. The summed E-state index contributed by atoms with van der Waals surface area (Å²) in [6.45, 7) is 0. The molecule has 3 aliphatic carbocycles. The number of hydrogen-bond donors (Lipinski definition) is 0. The van der Waals surface area contributed by atoms with Gasteiger partial charge in [-0.05, 0) is 46.4 Å². The minimum Gasteiger partial charge on any atom is -0.0836 e. The van der Waals surface area contributed by atoms with Gasteiger partial charge in [0.05, 0.1) is 0 Å². The highest BCUT2D eigenvalue weighted by atomic mass is 14.3. The molecule has 1 aromatic carbocycles. The Kier molecular flexibility index (Phi) is 2.81. The highest BCUT2D eigenvalue weighted by Gasteiger charge is 2.24. The third-order valence-corrected chi connectivity index (χ3v) is 4.43. The van der Waals surface area contributed by atoms with Gasteiger partial charge in [-0.15, -0.1) is 0 Å². The van der Waals surface area contributed by atoms with Gasteiger partial charge in [0.25, 0.3) is 0 Å². The lowest BCUT2D eigenvalue weighted by Crippen LogP contribution is -2.34. The molecule has 0 N–H and O–H groups in total. The number of allylic oxidation sites excluding steroid dienone is 8. The smallest absolute Gasteiger partial charge is 0.0136 e. The number of hydrogen-bond acceptors (Lipinski definition) is 0. The van der Waals surface area contributed by atoms with Crippen molar-refractivity contribution >= 4 is 11.6 Å². The van der Waals surface area contributed by atoms with Crippen molar-refractivity contribution in [2.75, 3.05) is 0 Å². The highest BCUT2D eigenvalue weighted by Crippen LogP contribution is 2.36. The van der Waals surface area contributed by atoms with E-state index in [-0.39, 0.29) is 0 Å². The summed E-state index contributed by atoms with van der Waals surface area (Å²) in [5.41, 5.74) is 4.42. The first-order valence-corrected chi connectivity index (χ1v) is 7.48. The van der Waals surface area contributed by atoms with Gasteiger partial charge in [0.1, 0.15) is 0 Å². The zero-order chi connectivity index (χ0) is 13.4. The lowest BCUT2D eigenvalue weighted by atomic mass is 9.76. The van der Waals surface area contributed by atoms with E-state index in [4.69, 9.17) is 0 Å². The first-order chi connectivity index (χ1) is 9.93. The molecule has 0 bridgehead atoms. The van der Waals surface area contributed by atoms with Crippen molar-refractivity contribution in [1.29, 1.82) is 0 Å². The molecule has 0 heteroatoms. The van der Waals surface area contributed by atoms with Gasteiger partial charge in [0, 0.05) is 5.92 Å². The van der Waals surface area contributed by atoms with Crippen LogP contribution in [0.2, 0.25) is 0 Å². The van der Waals surface area contributed by atoms with Crippen LogP contribution in [0.3, 0.4) is 0 Å². The zero-order valence-electron chi connectivity index (χ0n) is 11.5. The van der Waals surface area contributed by atoms with E-state index in [1.807, 2.05) is 0 Å². The van der Waals surface area contributed by atoms with Crippen LogP contribution in [-0.4, -0.2) is 0 Å². The third kappa shape index (κ3) is 1.84. The average Bonchev–Trinajstić information content (AvgIpc) is 2.53. The van der Waals surface area contributed by atoms with Gasteiger partial charge in [-0.1, -0.05) is 66.8 Å². The van der Waals surface area contributed by atoms with Gasteiger partial charge in [-0.2, -0.15) is 0 Å². The van der Waals surface area contributed by atoms with Gasteiger partial charge >= 0.3 is 0 Å². The summed E-state index contributed by atoms with van der Waals surface area (Å²) in [5, 5.41) is 2.78. The van der Waals surface area contributed by atoms with Crippen LogP contribution in [0.4, 0.5) is 0 Å².